The van der Waals surface area contributed by atoms with Crippen LogP contribution in [0.5, 0.6) is 0 Å². The third-order valence-corrected chi connectivity index (χ3v) is 12.5. The van der Waals surface area contributed by atoms with Crippen molar-refractivity contribution in [1.82, 2.24) is 4.90 Å². The van der Waals surface area contributed by atoms with Crippen molar-refractivity contribution in [3.63, 3.8) is 0 Å². The summed E-state index contributed by atoms with van der Waals surface area (Å²) in [7, 11) is 0. The maximum Gasteiger partial charge on any atom is 0.309 e. The summed E-state index contributed by atoms with van der Waals surface area (Å²) in [6, 6.07) is -0.679. The molecule has 0 radical (unpaired) electrons. The lowest BCUT2D eigenvalue weighted by atomic mass is 9.36. The van der Waals surface area contributed by atoms with Crippen LogP contribution in [0.1, 0.15) is 60.3 Å². The van der Waals surface area contributed by atoms with Crippen molar-refractivity contribution in [2.45, 2.75) is 108 Å². The minimum Gasteiger partial charge on any atom is -0.458 e. The maximum atomic E-state index is 13.2. The van der Waals surface area contributed by atoms with Crippen molar-refractivity contribution in [1.29, 1.82) is 0 Å². The van der Waals surface area contributed by atoms with E-state index in [0.29, 0.717) is 31.4 Å². The molecule has 0 aromatic rings. The number of aliphatic hydroxyl groups excluding tert-OH is 2. The summed E-state index contributed by atoms with van der Waals surface area (Å²) in [5, 5.41) is 36.7. The average Bonchev–Trinajstić information content (AvgIpc) is 3.27. The van der Waals surface area contributed by atoms with E-state index in [-0.39, 0.29) is 24.3 Å². The lowest BCUT2D eigenvalue weighted by molar-refractivity contribution is -0.347. The van der Waals surface area contributed by atoms with Gasteiger partial charge in [0, 0.05) is 43.2 Å². The largest absolute Gasteiger partial charge is 0.458 e. The molecular weight excluding hydrogens is 506 g/mol. The molecule has 10 nitrogen and oxygen atoms in total. The Labute approximate surface area is 227 Å². The maximum absolute atomic E-state index is 13.2. The summed E-state index contributed by atoms with van der Waals surface area (Å²) in [5.41, 5.74) is -5.45. The molecular formula is C29H39NO9. The number of carbonyl (C=O) groups is 3. The normalized spacial score (nSPS) is 57.4. The van der Waals surface area contributed by atoms with Gasteiger partial charge in [0.25, 0.3) is 0 Å². The van der Waals surface area contributed by atoms with Crippen molar-refractivity contribution in [2.75, 3.05) is 6.54 Å². The van der Waals surface area contributed by atoms with Gasteiger partial charge in [-0.1, -0.05) is 32.9 Å². The van der Waals surface area contributed by atoms with Crippen molar-refractivity contribution in [3.8, 4) is 0 Å². The second-order valence-corrected chi connectivity index (χ2v) is 13.9. The van der Waals surface area contributed by atoms with Gasteiger partial charge in [0.1, 0.15) is 23.9 Å². The number of piperidine rings is 2. The van der Waals surface area contributed by atoms with Crippen LogP contribution >= 0.6 is 0 Å². The highest BCUT2D eigenvalue weighted by Crippen LogP contribution is 2.90. The lowest BCUT2D eigenvalue weighted by Gasteiger charge is -2.72. The molecule has 3 heterocycles. The molecule has 10 heteroatoms. The first-order valence-corrected chi connectivity index (χ1v) is 14.3. The highest BCUT2D eigenvalue weighted by molar-refractivity contribution is 5.73. The number of hydrogen-bond donors (Lipinski definition) is 3. The van der Waals surface area contributed by atoms with Crippen LogP contribution in [0.3, 0.4) is 0 Å². The van der Waals surface area contributed by atoms with E-state index in [9.17, 15) is 29.7 Å². The van der Waals surface area contributed by atoms with Gasteiger partial charge in [-0.05, 0) is 31.6 Å². The van der Waals surface area contributed by atoms with E-state index in [4.69, 9.17) is 14.2 Å². The number of esters is 3. The molecule has 9 rings (SSSR count). The van der Waals surface area contributed by atoms with E-state index in [0.717, 1.165) is 0 Å². The summed E-state index contributed by atoms with van der Waals surface area (Å²) in [5.74, 6) is -2.96. The Morgan fingerprint density at radius 1 is 1.13 bits per heavy atom. The quantitative estimate of drug-likeness (QED) is 0.257. The molecule has 0 aromatic carbocycles. The van der Waals surface area contributed by atoms with Crippen LogP contribution in [0.15, 0.2) is 12.2 Å². The molecule has 9 fully saturated rings. The predicted molar refractivity (Wildman–Crippen MR) is 134 cm³/mol. The highest BCUT2D eigenvalue weighted by atomic mass is 16.6. The molecule has 2 spiro atoms. The molecule has 0 amide bonds. The molecule has 3 aliphatic heterocycles. The van der Waals surface area contributed by atoms with Crippen LogP contribution in [-0.4, -0.2) is 92.4 Å². The van der Waals surface area contributed by atoms with Crippen LogP contribution in [-0.2, 0) is 28.6 Å². The van der Waals surface area contributed by atoms with Crippen molar-refractivity contribution in [2.24, 2.45) is 34.0 Å². The minimum absolute atomic E-state index is 0.0462. The fourth-order valence-electron chi connectivity index (χ4n) is 11.8. The number of hydrogen-bond acceptors (Lipinski definition) is 10. The van der Waals surface area contributed by atoms with Gasteiger partial charge in [-0.25, -0.2) is 0 Å². The van der Waals surface area contributed by atoms with Crippen LogP contribution in [0.4, 0.5) is 0 Å². The first-order valence-electron chi connectivity index (χ1n) is 14.3. The Hall–Kier alpha value is -2.01. The number of nitrogens with zero attached hydrogens (tertiary/aromatic N) is 1. The van der Waals surface area contributed by atoms with E-state index in [1.165, 1.54) is 13.8 Å². The third-order valence-electron chi connectivity index (χ3n) is 12.5. The van der Waals surface area contributed by atoms with Gasteiger partial charge in [-0.15, -0.1) is 0 Å². The number of aliphatic hydroxyl groups is 3. The SMILES string of the molecule is C=C1C[C@]23C[C@H]4[C@@H]5[C@]6(C)CN4[C@@H]4[C@@]2(O)[C@@H](O)[C@H]1[C@@H](O)[C@@]3(OC(C)=O)[C@]54C[C@@H](OC(=O)[C@@H](C)CC)[C@H]6OC(C)=O. The molecule has 15 atom stereocenters. The fourth-order valence-corrected chi connectivity index (χ4v) is 11.8. The Kier molecular flexibility index (Phi) is 4.82. The smallest absolute Gasteiger partial charge is 0.309 e. The highest BCUT2D eigenvalue weighted by Gasteiger charge is 3.02. The second-order valence-electron chi connectivity index (χ2n) is 13.9. The Bertz CT molecular complexity index is 1220. The molecule has 0 aromatic heterocycles. The van der Waals surface area contributed by atoms with Gasteiger partial charge in [0.2, 0.25) is 0 Å². The Morgan fingerprint density at radius 3 is 2.44 bits per heavy atom. The lowest BCUT2D eigenvalue weighted by Crippen LogP contribution is -2.83. The summed E-state index contributed by atoms with van der Waals surface area (Å²) in [6.07, 6.45) is -2.79. The predicted octanol–water partition coefficient (Wildman–Crippen LogP) is 0.703. The van der Waals surface area contributed by atoms with E-state index < -0.39 is 81.7 Å². The Morgan fingerprint density at radius 2 is 1.82 bits per heavy atom. The van der Waals surface area contributed by atoms with E-state index >= 15 is 0 Å². The molecule has 214 valence electrons. The summed E-state index contributed by atoms with van der Waals surface area (Å²) in [4.78, 5) is 40.7. The monoisotopic (exact) mass is 545 g/mol. The number of carbonyl (C=O) groups excluding carboxylic acids is 3. The summed E-state index contributed by atoms with van der Waals surface area (Å²) < 4.78 is 18.5. The zero-order valence-corrected chi connectivity index (χ0v) is 23.2. The van der Waals surface area contributed by atoms with E-state index in [1.807, 2.05) is 13.8 Å². The number of ether oxygens (including phenoxy) is 3. The Balaban J connectivity index is 1.48. The molecule has 9 aliphatic rings. The van der Waals surface area contributed by atoms with E-state index in [2.05, 4.69) is 11.5 Å². The third kappa shape index (κ3) is 2.32. The van der Waals surface area contributed by atoms with Crippen LogP contribution < -0.4 is 0 Å². The average molecular weight is 546 g/mol. The molecule has 9 bridgehead atoms. The summed E-state index contributed by atoms with van der Waals surface area (Å²) in [6.45, 7) is 13.0. The molecule has 6 aliphatic carbocycles. The molecule has 6 saturated carbocycles. The number of rotatable bonds is 5. The van der Waals surface area contributed by atoms with Gasteiger partial charge in [0.05, 0.1) is 23.5 Å². The molecule has 3 saturated heterocycles. The van der Waals surface area contributed by atoms with E-state index in [1.54, 1.807) is 6.92 Å². The molecule has 3 N–H and O–H groups in total. The van der Waals surface area contributed by atoms with Crippen LogP contribution in [0.2, 0.25) is 0 Å². The first-order chi connectivity index (χ1) is 18.2. The van der Waals surface area contributed by atoms with Gasteiger partial charge in [-0.2, -0.15) is 0 Å². The fraction of sp³-hybridized carbons (Fsp3) is 0.828. The van der Waals surface area contributed by atoms with Crippen molar-refractivity contribution < 1.29 is 43.9 Å². The van der Waals surface area contributed by atoms with Crippen molar-refractivity contribution >= 4 is 17.9 Å². The molecule has 1 unspecified atom stereocenters. The summed E-state index contributed by atoms with van der Waals surface area (Å²) >= 11 is 0. The second kappa shape index (κ2) is 7.24. The van der Waals surface area contributed by atoms with Gasteiger partial charge in [-0.3, -0.25) is 19.3 Å². The van der Waals surface area contributed by atoms with Gasteiger partial charge < -0.3 is 29.5 Å². The topological polar surface area (TPSA) is 143 Å². The van der Waals surface area contributed by atoms with Crippen LogP contribution in [0.25, 0.3) is 0 Å². The number of fused-ring (bicyclic) bond motifs is 1. The standard InChI is InChI=1S/C29H39NO9/c1-7-12(2)23(35)38-17-10-27-19-16-9-26-8-13(3)18(21(34)29(26,27)39-15(5)32)20(33)28(26,36)24(27)30(16)11-25(19,6)22(17)37-14(4)31/h12,16-22,24,33-34,36H,3,7-11H2,1-2,4-6H3/t12-,16-,17+,18-,19+,20-,21+,22+,24-,25-,26-,27+,28-,29-/m0/s1. The molecule has 39 heavy (non-hydrogen) atoms. The van der Waals surface area contributed by atoms with Crippen molar-refractivity contribution in [3.05, 3.63) is 12.2 Å². The van der Waals surface area contributed by atoms with Crippen LogP contribution in [0, 0.1) is 34.0 Å². The van der Waals surface area contributed by atoms with Gasteiger partial charge >= 0.3 is 17.9 Å². The minimum atomic E-state index is -1.67. The zero-order chi connectivity index (χ0) is 28.2. The van der Waals surface area contributed by atoms with Gasteiger partial charge in [0.15, 0.2) is 5.60 Å². The first kappa shape index (κ1) is 25.9. The zero-order valence-electron chi connectivity index (χ0n) is 23.2.